The summed E-state index contributed by atoms with van der Waals surface area (Å²) in [4.78, 5) is 4.22. The highest BCUT2D eigenvalue weighted by atomic mass is 16.5. The number of ether oxygens (including phenoxy) is 1. The number of nitrogens with zero attached hydrogens (tertiary/aromatic N) is 1. The Balaban J connectivity index is 2.10. The summed E-state index contributed by atoms with van der Waals surface area (Å²) < 4.78 is 5.50. The van der Waals surface area contributed by atoms with Crippen LogP contribution < -0.4 is 4.74 Å². The van der Waals surface area contributed by atoms with E-state index in [1.807, 2.05) is 13.0 Å². The molecule has 3 nitrogen and oxygen atoms in total. The molecule has 0 bridgehead atoms. The van der Waals surface area contributed by atoms with E-state index < -0.39 is 5.60 Å². The summed E-state index contributed by atoms with van der Waals surface area (Å²) in [7, 11) is 0. The van der Waals surface area contributed by atoms with Crippen molar-refractivity contribution in [2.45, 2.75) is 65.4 Å². The highest BCUT2D eigenvalue weighted by Gasteiger charge is 2.39. The Labute approximate surface area is 128 Å². The third kappa shape index (κ3) is 3.57. The maximum atomic E-state index is 11.0. The molecule has 0 atom stereocenters. The number of hydrogen-bond donors (Lipinski definition) is 1. The van der Waals surface area contributed by atoms with Crippen LogP contribution in [0.3, 0.4) is 0 Å². The third-order valence-corrected chi connectivity index (χ3v) is 5.39. The van der Waals surface area contributed by atoms with E-state index in [0.717, 1.165) is 37.0 Å². The van der Waals surface area contributed by atoms with Crippen molar-refractivity contribution in [3.8, 4) is 5.75 Å². The standard InChI is InChI=1S/C18H29NO2/c1-5-17(3,4)14-7-9-18(20,10-8-14)15-11-16(21-6-2)13-19-12-15/h11-14,20H,5-10H2,1-4H3. The van der Waals surface area contributed by atoms with Crippen molar-refractivity contribution >= 4 is 0 Å². The van der Waals surface area contributed by atoms with Crippen LogP contribution >= 0.6 is 0 Å². The smallest absolute Gasteiger partial charge is 0.137 e. The number of aliphatic hydroxyl groups is 1. The van der Waals surface area contributed by atoms with E-state index >= 15 is 0 Å². The topological polar surface area (TPSA) is 42.4 Å². The highest BCUT2D eigenvalue weighted by molar-refractivity contribution is 5.28. The molecule has 1 N–H and O–H groups in total. The number of pyridine rings is 1. The van der Waals surface area contributed by atoms with Gasteiger partial charge in [-0.1, -0.05) is 27.2 Å². The molecule has 2 rings (SSSR count). The molecule has 0 aliphatic heterocycles. The zero-order valence-corrected chi connectivity index (χ0v) is 13.9. The number of hydrogen-bond acceptors (Lipinski definition) is 3. The Morgan fingerprint density at radius 1 is 1.29 bits per heavy atom. The van der Waals surface area contributed by atoms with Crippen molar-refractivity contribution in [3.05, 3.63) is 24.0 Å². The summed E-state index contributed by atoms with van der Waals surface area (Å²) in [5.74, 6) is 1.45. The van der Waals surface area contributed by atoms with Crippen molar-refractivity contribution < 1.29 is 9.84 Å². The molecule has 0 aromatic carbocycles. The van der Waals surface area contributed by atoms with Gasteiger partial charge < -0.3 is 9.84 Å². The summed E-state index contributed by atoms with van der Waals surface area (Å²) in [6.07, 6.45) is 8.48. The van der Waals surface area contributed by atoms with Gasteiger partial charge in [0.05, 0.1) is 18.4 Å². The molecule has 1 aliphatic rings. The minimum Gasteiger partial charge on any atom is -0.492 e. The van der Waals surface area contributed by atoms with Crippen LogP contribution in [0.15, 0.2) is 18.5 Å². The van der Waals surface area contributed by atoms with Gasteiger partial charge in [0.1, 0.15) is 5.75 Å². The zero-order chi connectivity index (χ0) is 15.5. The fourth-order valence-electron chi connectivity index (χ4n) is 3.37. The molecular formula is C18H29NO2. The second kappa shape index (κ2) is 6.35. The molecule has 1 aliphatic carbocycles. The van der Waals surface area contributed by atoms with E-state index in [-0.39, 0.29) is 0 Å². The highest BCUT2D eigenvalue weighted by Crippen LogP contribution is 2.46. The molecule has 3 heteroatoms. The molecule has 1 heterocycles. The molecule has 0 saturated heterocycles. The molecule has 1 aromatic heterocycles. The molecule has 0 unspecified atom stereocenters. The molecule has 1 aromatic rings. The van der Waals surface area contributed by atoms with Gasteiger partial charge in [-0.3, -0.25) is 4.98 Å². The molecule has 0 amide bonds. The Bertz CT molecular complexity index is 462. The summed E-state index contributed by atoms with van der Waals surface area (Å²) >= 11 is 0. The summed E-state index contributed by atoms with van der Waals surface area (Å²) in [5, 5.41) is 11.0. The Morgan fingerprint density at radius 2 is 1.95 bits per heavy atom. The monoisotopic (exact) mass is 291 g/mol. The van der Waals surface area contributed by atoms with Crippen molar-refractivity contribution in [2.24, 2.45) is 11.3 Å². The lowest BCUT2D eigenvalue weighted by molar-refractivity contribution is -0.0332. The van der Waals surface area contributed by atoms with Crippen LogP contribution in [0.4, 0.5) is 0 Å². The molecule has 1 fully saturated rings. The van der Waals surface area contributed by atoms with Crippen molar-refractivity contribution in [2.75, 3.05) is 6.61 Å². The predicted molar refractivity (Wildman–Crippen MR) is 85.3 cm³/mol. The molecular weight excluding hydrogens is 262 g/mol. The van der Waals surface area contributed by atoms with Crippen LogP contribution in [0, 0.1) is 11.3 Å². The first-order valence-corrected chi connectivity index (χ1v) is 8.22. The van der Waals surface area contributed by atoms with Crippen LogP contribution in [0.25, 0.3) is 0 Å². The van der Waals surface area contributed by atoms with Gasteiger partial charge in [-0.2, -0.15) is 0 Å². The average molecular weight is 291 g/mol. The minimum absolute atomic E-state index is 0.368. The molecule has 1 saturated carbocycles. The van der Waals surface area contributed by atoms with Gasteiger partial charge in [0, 0.05) is 11.8 Å². The van der Waals surface area contributed by atoms with Crippen molar-refractivity contribution in [1.82, 2.24) is 4.98 Å². The number of aromatic nitrogens is 1. The number of rotatable bonds is 5. The van der Waals surface area contributed by atoms with Crippen molar-refractivity contribution in [3.63, 3.8) is 0 Å². The van der Waals surface area contributed by atoms with E-state index in [0.29, 0.717) is 17.9 Å². The second-order valence-corrected chi connectivity index (χ2v) is 6.99. The maximum Gasteiger partial charge on any atom is 0.137 e. The molecule has 0 spiro atoms. The molecule has 21 heavy (non-hydrogen) atoms. The fraction of sp³-hybridized carbons (Fsp3) is 0.722. The SMILES string of the molecule is CCOc1cncc(C2(O)CCC(C(C)(C)CC)CC2)c1. The first-order chi connectivity index (χ1) is 9.91. The van der Waals surface area contributed by atoms with Crippen LogP contribution in [0.5, 0.6) is 5.75 Å². The predicted octanol–water partition coefficient (Wildman–Crippen LogP) is 4.29. The zero-order valence-electron chi connectivity index (χ0n) is 13.9. The lowest BCUT2D eigenvalue weighted by Gasteiger charge is -2.42. The summed E-state index contributed by atoms with van der Waals surface area (Å²) in [6.45, 7) is 9.53. The van der Waals surface area contributed by atoms with Gasteiger partial charge in [-0.25, -0.2) is 0 Å². The van der Waals surface area contributed by atoms with E-state index in [9.17, 15) is 5.11 Å². The molecule has 118 valence electrons. The van der Waals surface area contributed by atoms with Crippen LogP contribution in [0.1, 0.15) is 65.4 Å². The normalized spacial score (nSPS) is 26.6. The van der Waals surface area contributed by atoms with Gasteiger partial charge in [-0.15, -0.1) is 0 Å². The third-order valence-electron chi connectivity index (χ3n) is 5.39. The van der Waals surface area contributed by atoms with Gasteiger partial charge in [0.25, 0.3) is 0 Å². The van der Waals surface area contributed by atoms with E-state index in [1.54, 1.807) is 12.4 Å². The second-order valence-electron chi connectivity index (χ2n) is 6.99. The van der Waals surface area contributed by atoms with Gasteiger partial charge in [-0.05, 0) is 50.0 Å². The Hall–Kier alpha value is -1.09. The Morgan fingerprint density at radius 3 is 2.52 bits per heavy atom. The van der Waals surface area contributed by atoms with Gasteiger partial charge in [0.15, 0.2) is 0 Å². The fourth-order valence-corrected chi connectivity index (χ4v) is 3.37. The van der Waals surface area contributed by atoms with Crippen LogP contribution in [0.2, 0.25) is 0 Å². The lowest BCUT2D eigenvalue weighted by atomic mass is 9.65. The minimum atomic E-state index is -0.736. The van der Waals surface area contributed by atoms with E-state index in [4.69, 9.17) is 4.74 Å². The average Bonchev–Trinajstić information content (AvgIpc) is 2.48. The first kappa shape index (κ1) is 16.3. The van der Waals surface area contributed by atoms with Gasteiger partial charge in [0.2, 0.25) is 0 Å². The summed E-state index contributed by atoms with van der Waals surface area (Å²) in [5.41, 5.74) is 0.536. The lowest BCUT2D eigenvalue weighted by Crippen LogP contribution is -2.36. The van der Waals surface area contributed by atoms with Crippen molar-refractivity contribution in [1.29, 1.82) is 0 Å². The summed E-state index contributed by atoms with van der Waals surface area (Å²) in [6, 6.07) is 1.95. The van der Waals surface area contributed by atoms with E-state index in [2.05, 4.69) is 25.8 Å². The molecule has 0 radical (unpaired) electrons. The maximum absolute atomic E-state index is 11.0. The van der Waals surface area contributed by atoms with Gasteiger partial charge >= 0.3 is 0 Å². The van der Waals surface area contributed by atoms with Crippen LogP contribution in [-0.4, -0.2) is 16.7 Å². The van der Waals surface area contributed by atoms with Crippen LogP contribution in [-0.2, 0) is 5.60 Å². The van der Waals surface area contributed by atoms with E-state index in [1.165, 1.54) is 6.42 Å². The largest absolute Gasteiger partial charge is 0.492 e. The Kier molecular flexibility index (Phi) is 4.92. The first-order valence-electron chi connectivity index (χ1n) is 8.22. The quantitative estimate of drug-likeness (QED) is 0.879.